The predicted octanol–water partition coefficient (Wildman–Crippen LogP) is 3.99. The van der Waals surface area contributed by atoms with E-state index in [2.05, 4.69) is 58.3 Å². The van der Waals surface area contributed by atoms with E-state index in [1.165, 1.54) is 5.56 Å². The van der Waals surface area contributed by atoms with Gasteiger partial charge in [0.1, 0.15) is 5.01 Å². The molecule has 0 aliphatic carbocycles. The lowest BCUT2D eigenvalue weighted by Crippen LogP contribution is -2.28. The average Bonchev–Trinajstić information content (AvgIpc) is 2.79. The van der Waals surface area contributed by atoms with E-state index in [1.54, 1.807) is 11.3 Å². The van der Waals surface area contributed by atoms with Crippen LogP contribution in [0.1, 0.15) is 30.5 Å². The number of nitrogens with one attached hydrogen (secondary N) is 1. The smallest absolute Gasteiger partial charge is 0.114 e. The van der Waals surface area contributed by atoms with Gasteiger partial charge in [0.25, 0.3) is 0 Å². The number of halogens is 1. The molecule has 1 atom stereocenters. The van der Waals surface area contributed by atoms with Crippen molar-refractivity contribution in [3.05, 3.63) is 50.9 Å². The molecular formula is C13H15BrN2S. The van der Waals surface area contributed by atoms with Gasteiger partial charge in [-0.05, 0) is 31.5 Å². The van der Waals surface area contributed by atoms with Crippen LogP contribution in [0, 0.1) is 0 Å². The maximum atomic E-state index is 4.42. The van der Waals surface area contributed by atoms with Gasteiger partial charge in [-0.1, -0.05) is 28.1 Å². The van der Waals surface area contributed by atoms with Crippen molar-refractivity contribution in [1.29, 1.82) is 0 Å². The van der Waals surface area contributed by atoms with Gasteiger partial charge in [0, 0.05) is 22.1 Å². The second kappa shape index (κ2) is 5.76. The summed E-state index contributed by atoms with van der Waals surface area (Å²) in [7, 11) is 0. The second-order valence-corrected chi connectivity index (χ2v) is 6.02. The van der Waals surface area contributed by atoms with Gasteiger partial charge in [-0.15, -0.1) is 11.3 Å². The Labute approximate surface area is 114 Å². The summed E-state index contributed by atoms with van der Waals surface area (Å²) in [5.74, 6) is 0. The van der Waals surface area contributed by atoms with Crippen molar-refractivity contribution in [2.24, 2.45) is 0 Å². The van der Waals surface area contributed by atoms with Crippen LogP contribution in [-0.4, -0.2) is 11.0 Å². The molecule has 2 nitrogen and oxygen atoms in total. The van der Waals surface area contributed by atoms with E-state index in [9.17, 15) is 0 Å². The van der Waals surface area contributed by atoms with Crippen LogP contribution in [0.3, 0.4) is 0 Å². The minimum atomic E-state index is 0.174. The molecule has 2 aromatic rings. The molecule has 4 heteroatoms. The lowest BCUT2D eigenvalue weighted by molar-refractivity contribution is 0.527. The van der Waals surface area contributed by atoms with Crippen LogP contribution in [0.15, 0.2) is 40.3 Å². The van der Waals surface area contributed by atoms with Gasteiger partial charge in [-0.3, -0.25) is 0 Å². The summed E-state index contributed by atoms with van der Waals surface area (Å²) >= 11 is 5.20. The maximum absolute atomic E-state index is 4.42. The van der Waals surface area contributed by atoms with E-state index < -0.39 is 0 Å². The Morgan fingerprint density at radius 3 is 2.76 bits per heavy atom. The van der Waals surface area contributed by atoms with Gasteiger partial charge in [0.2, 0.25) is 0 Å². The van der Waals surface area contributed by atoms with Gasteiger partial charge < -0.3 is 5.32 Å². The minimum Gasteiger partial charge on any atom is -0.302 e. The molecule has 0 fully saturated rings. The quantitative estimate of drug-likeness (QED) is 0.923. The summed E-state index contributed by atoms with van der Waals surface area (Å²) in [6.07, 6.45) is 1.85. The molecule has 1 aromatic carbocycles. The fourth-order valence-corrected chi connectivity index (χ4v) is 2.85. The van der Waals surface area contributed by atoms with Crippen molar-refractivity contribution >= 4 is 27.3 Å². The van der Waals surface area contributed by atoms with Gasteiger partial charge in [0.15, 0.2) is 0 Å². The molecule has 1 unspecified atom stereocenters. The van der Waals surface area contributed by atoms with Crippen LogP contribution in [0.25, 0.3) is 0 Å². The molecule has 0 spiro atoms. The first-order chi connectivity index (χ1) is 8.16. The van der Waals surface area contributed by atoms with Crippen LogP contribution < -0.4 is 5.32 Å². The monoisotopic (exact) mass is 310 g/mol. The van der Waals surface area contributed by atoms with Crippen molar-refractivity contribution in [2.45, 2.75) is 25.9 Å². The van der Waals surface area contributed by atoms with Crippen LogP contribution in [0.2, 0.25) is 0 Å². The summed E-state index contributed by atoms with van der Waals surface area (Å²) in [5, 5.41) is 6.68. The SMILES string of the molecule is CC(C)NC(c1cccc(Br)c1)c1nccs1. The van der Waals surface area contributed by atoms with Gasteiger partial charge in [-0.25, -0.2) is 4.98 Å². The van der Waals surface area contributed by atoms with Crippen molar-refractivity contribution in [2.75, 3.05) is 0 Å². The molecule has 0 amide bonds. The molecule has 1 heterocycles. The minimum absolute atomic E-state index is 0.174. The molecule has 0 bridgehead atoms. The Morgan fingerprint density at radius 1 is 1.35 bits per heavy atom. The summed E-state index contributed by atoms with van der Waals surface area (Å²) in [6.45, 7) is 4.30. The highest BCUT2D eigenvalue weighted by Crippen LogP contribution is 2.26. The first kappa shape index (κ1) is 12.7. The lowest BCUT2D eigenvalue weighted by atomic mass is 10.1. The van der Waals surface area contributed by atoms with E-state index in [0.717, 1.165) is 9.48 Å². The third-order valence-corrected chi connectivity index (χ3v) is 3.71. The number of benzene rings is 1. The topological polar surface area (TPSA) is 24.9 Å². The van der Waals surface area contributed by atoms with Gasteiger partial charge in [-0.2, -0.15) is 0 Å². The highest BCUT2D eigenvalue weighted by atomic mass is 79.9. The first-order valence-electron chi connectivity index (χ1n) is 5.57. The Balaban J connectivity index is 2.33. The summed E-state index contributed by atoms with van der Waals surface area (Å²) in [4.78, 5) is 4.42. The van der Waals surface area contributed by atoms with Crippen molar-refractivity contribution in [3.8, 4) is 0 Å². The number of rotatable bonds is 4. The molecule has 0 radical (unpaired) electrons. The van der Waals surface area contributed by atoms with Crippen molar-refractivity contribution in [3.63, 3.8) is 0 Å². The lowest BCUT2D eigenvalue weighted by Gasteiger charge is -2.20. The van der Waals surface area contributed by atoms with E-state index in [0.29, 0.717) is 6.04 Å². The molecule has 0 saturated heterocycles. The molecule has 17 heavy (non-hydrogen) atoms. The number of hydrogen-bond acceptors (Lipinski definition) is 3. The van der Waals surface area contributed by atoms with Gasteiger partial charge in [0.05, 0.1) is 6.04 Å². The van der Waals surface area contributed by atoms with E-state index in [1.807, 2.05) is 17.6 Å². The van der Waals surface area contributed by atoms with Crippen LogP contribution in [-0.2, 0) is 0 Å². The first-order valence-corrected chi connectivity index (χ1v) is 7.25. The van der Waals surface area contributed by atoms with Crippen LogP contribution in [0.4, 0.5) is 0 Å². The average molecular weight is 311 g/mol. The number of nitrogens with zero attached hydrogens (tertiary/aromatic N) is 1. The normalized spacial score (nSPS) is 12.9. The highest BCUT2D eigenvalue weighted by molar-refractivity contribution is 9.10. The standard InChI is InChI=1S/C13H15BrN2S/c1-9(2)16-12(13-15-6-7-17-13)10-4-3-5-11(14)8-10/h3-9,12,16H,1-2H3. The van der Waals surface area contributed by atoms with E-state index in [4.69, 9.17) is 0 Å². The molecule has 90 valence electrons. The third-order valence-electron chi connectivity index (χ3n) is 2.38. The zero-order chi connectivity index (χ0) is 12.3. The fraction of sp³-hybridized carbons (Fsp3) is 0.308. The molecule has 1 aromatic heterocycles. The highest BCUT2D eigenvalue weighted by Gasteiger charge is 2.17. The van der Waals surface area contributed by atoms with Crippen molar-refractivity contribution in [1.82, 2.24) is 10.3 Å². The van der Waals surface area contributed by atoms with E-state index >= 15 is 0 Å². The number of hydrogen-bond donors (Lipinski definition) is 1. The molecule has 2 rings (SSSR count). The van der Waals surface area contributed by atoms with Crippen molar-refractivity contribution < 1.29 is 0 Å². The Morgan fingerprint density at radius 2 is 2.18 bits per heavy atom. The van der Waals surface area contributed by atoms with E-state index in [-0.39, 0.29) is 6.04 Å². The largest absolute Gasteiger partial charge is 0.302 e. The Bertz CT molecular complexity index is 468. The number of aromatic nitrogens is 1. The molecule has 1 N–H and O–H groups in total. The number of thiazole rings is 1. The summed E-state index contributed by atoms with van der Waals surface area (Å²) in [5.41, 5.74) is 1.24. The zero-order valence-corrected chi connectivity index (χ0v) is 12.3. The Kier molecular flexibility index (Phi) is 4.31. The fourth-order valence-electron chi connectivity index (χ4n) is 1.71. The summed E-state index contributed by atoms with van der Waals surface area (Å²) < 4.78 is 1.10. The van der Waals surface area contributed by atoms with Gasteiger partial charge >= 0.3 is 0 Å². The Hall–Kier alpha value is -0.710. The second-order valence-electron chi connectivity index (χ2n) is 4.18. The predicted molar refractivity (Wildman–Crippen MR) is 76.4 cm³/mol. The van der Waals surface area contributed by atoms with Crippen LogP contribution >= 0.6 is 27.3 Å². The maximum Gasteiger partial charge on any atom is 0.114 e. The molecule has 0 aliphatic rings. The summed E-state index contributed by atoms with van der Waals surface area (Å²) in [6, 6.07) is 8.96. The van der Waals surface area contributed by atoms with Crippen LogP contribution in [0.5, 0.6) is 0 Å². The molecule has 0 saturated carbocycles. The zero-order valence-electron chi connectivity index (χ0n) is 9.85. The molecule has 0 aliphatic heterocycles. The third kappa shape index (κ3) is 3.37. The molecular weight excluding hydrogens is 296 g/mol.